The molecule has 4 aromatic rings. The lowest BCUT2D eigenvalue weighted by Gasteiger charge is -2.18. The van der Waals surface area contributed by atoms with Crippen molar-refractivity contribution in [2.45, 2.75) is 40.0 Å². The van der Waals surface area contributed by atoms with Gasteiger partial charge in [0.1, 0.15) is 11.4 Å². The number of aromatic nitrogens is 2. The molecule has 0 atom stereocenters. The molecule has 0 unspecified atom stereocenters. The number of benzene rings is 3. The van der Waals surface area contributed by atoms with Crippen molar-refractivity contribution in [3.05, 3.63) is 89.7 Å². The van der Waals surface area contributed by atoms with E-state index in [1.54, 1.807) is 0 Å². The molecule has 27 heavy (non-hydrogen) atoms. The van der Waals surface area contributed by atoms with Crippen molar-refractivity contribution in [3.63, 3.8) is 0 Å². The van der Waals surface area contributed by atoms with Crippen LogP contribution < -0.4 is 4.57 Å². The molecule has 1 heterocycles. The van der Waals surface area contributed by atoms with Crippen molar-refractivity contribution < 1.29 is 4.57 Å². The maximum atomic E-state index is 2.38. The second kappa shape index (κ2) is 6.38. The van der Waals surface area contributed by atoms with E-state index in [0.29, 0.717) is 0 Å². The van der Waals surface area contributed by atoms with Gasteiger partial charge in [0.2, 0.25) is 0 Å². The van der Waals surface area contributed by atoms with Crippen LogP contribution in [-0.4, -0.2) is 4.57 Å². The molecule has 0 saturated carbocycles. The maximum absolute atomic E-state index is 2.38. The third-order valence-electron chi connectivity index (χ3n) is 5.34. The van der Waals surface area contributed by atoms with Gasteiger partial charge < -0.3 is 0 Å². The Kier molecular flexibility index (Phi) is 4.15. The summed E-state index contributed by atoms with van der Waals surface area (Å²) in [5, 5.41) is 0. The first-order valence-electron chi connectivity index (χ1n) is 9.57. The molecule has 3 aromatic carbocycles. The van der Waals surface area contributed by atoms with Gasteiger partial charge in [-0.25, -0.2) is 0 Å². The fraction of sp³-hybridized carbons (Fsp3) is 0.240. The first-order valence-corrected chi connectivity index (χ1v) is 9.57. The van der Waals surface area contributed by atoms with Crippen LogP contribution in [0.4, 0.5) is 0 Å². The van der Waals surface area contributed by atoms with Crippen molar-refractivity contribution in [2.75, 3.05) is 0 Å². The Morgan fingerprint density at radius 3 is 2.11 bits per heavy atom. The van der Waals surface area contributed by atoms with E-state index in [-0.39, 0.29) is 5.41 Å². The van der Waals surface area contributed by atoms with Gasteiger partial charge in [0.05, 0.1) is 0 Å². The summed E-state index contributed by atoms with van der Waals surface area (Å²) >= 11 is 0. The summed E-state index contributed by atoms with van der Waals surface area (Å²) in [6, 6.07) is 26.1. The van der Waals surface area contributed by atoms with Crippen LogP contribution in [0.2, 0.25) is 0 Å². The third kappa shape index (κ3) is 2.95. The summed E-state index contributed by atoms with van der Waals surface area (Å²) < 4.78 is 4.75. The van der Waals surface area contributed by atoms with Crippen molar-refractivity contribution in [1.82, 2.24) is 4.57 Å². The fourth-order valence-electron chi connectivity index (χ4n) is 3.83. The topological polar surface area (TPSA) is 8.81 Å². The lowest BCUT2D eigenvalue weighted by Crippen LogP contribution is -2.34. The predicted molar refractivity (Wildman–Crippen MR) is 113 cm³/mol. The molecule has 1 aromatic heterocycles. The summed E-state index contributed by atoms with van der Waals surface area (Å²) in [5.41, 5.74) is 7.64. The van der Waals surface area contributed by atoms with Gasteiger partial charge in [-0.3, -0.25) is 0 Å². The molecule has 2 nitrogen and oxygen atoms in total. The summed E-state index contributed by atoms with van der Waals surface area (Å²) in [7, 11) is 0. The first kappa shape index (κ1) is 17.5. The van der Waals surface area contributed by atoms with Gasteiger partial charge in [-0.2, -0.15) is 9.13 Å². The van der Waals surface area contributed by atoms with E-state index in [2.05, 4.69) is 117 Å². The Balaban J connectivity index is 2.12. The molecule has 0 fully saturated rings. The Morgan fingerprint density at radius 1 is 0.778 bits per heavy atom. The minimum absolute atomic E-state index is 0.112. The molecule has 0 radical (unpaired) electrons. The Labute approximate surface area is 161 Å². The van der Waals surface area contributed by atoms with E-state index >= 15 is 0 Å². The number of hydrogen-bond acceptors (Lipinski definition) is 0. The van der Waals surface area contributed by atoms with Crippen LogP contribution in [-0.2, 0) is 5.41 Å². The summed E-state index contributed by atoms with van der Waals surface area (Å²) in [5.74, 6) is 1.21. The monoisotopic (exact) mass is 355 g/mol. The second-order valence-corrected chi connectivity index (χ2v) is 8.29. The first-order chi connectivity index (χ1) is 12.9. The second-order valence-electron chi connectivity index (χ2n) is 8.29. The van der Waals surface area contributed by atoms with E-state index in [9.17, 15) is 0 Å². The molecule has 0 aliphatic heterocycles. The number of para-hydroxylation sites is 2. The highest BCUT2D eigenvalue weighted by atomic mass is 15.2. The number of imidazole rings is 1. The standard InChI is InChI=1S/C25H27N2/c1-18-11-9-10-14-22(18)27-19(2)26(21-12-7-6-8-13-21)24-17-20(25(3,4)5)15-16-23(24)27/h6-17H,1-5H3/q+1. The highest BCUT2D eigenvalue weighted by molar-refractivity contribution is 5.77. The van der Waals surface area contributed by atoms with E-state index < -0.39 is 0 Å². The van der Waals surface area contributed by atoms with Gasteiger partial charge >= 0.3 is 0 Å². The summed E-state index contributed by atoms with van der Waals surface area (Å²) in [4.78, 5) is 0. The normalized spacial score (nSPS) is 11.9. The fourth-order valence-corrected chi connectivity index (χ4v) is 3.83. The molecular formula is C25H27N2+. The molecule has 0 spiro atoms. The number of fused-ring (bicyclic) bond motifs is 1. The van der Waals surface area contributed by atoms with Crippen LogP contribution >= 0.6 is 0 Å². The number of aryl methyl sites for hydroxylation is 1. The van der Waals surface area contributed by atoms with Crippen molar-refractivity contribution in [1.29, 1.82) is 0 Å². The molecule has 136 valence electrons. The largest absolute Gasteiger partial charge is 0.264 e. The average Bonchev–Trinajstić information content (AvgIpc) is 2.93. The minimum Gasteiger partial charge on any atom is -0.192 e. The molecule has 2 heteroatoms. The van der Waals surface area contributed by atoms with E-state index in [1.807, 2.05) is 0 Å². The van der Waals surface area contributed by atoms with Crippen LogP contribution in [0.25, 0.3) is 22.4 Å². The van der Waals surface area contributed by atoms with Crippen LogP contribution in [0.5, 0.6) is 0 Å². The number of nitrogens with zero attached hydrogens (tertiary/aromatic N) is 2. The van der Waals surface area contributed by atoms with E-state index in [4.69, 9.17) is 0 Å². The van der Waals surface area contributed by atoms with Gasteiger partial charge in [0, 0.05) is 6.92 Å². The number of rotatable bonds is 2. The van der Waals surface area contributed by atoms with Crippen LogP contribution in [0.1, 0.15) is 37.7 Å². The minimum atomic E-state index is 0.112. The predicted octanol–water partition coefficient (Wildman–Crippen LogP) is 5.82. The molecule has 4 rings (SSSR count). The van der Waals surface area contributed by atoms with Gasteiger partial charge in [-0.15, -0.1) is 0 Å². The lowest BCUT2D eigenvalue weighted by atomic mass is 9.87. The van der Waals surface area contributed by atoms with Crippen molar-refractivity contribution >= 4 is 11.0 Å². The van der Waals surface area contributed by atoms with Gasteiger partial charge in [-0.05, 0) is 53.8 Å². The zero-order valence-electron chi connectivity index (χ0n) is 16.8. The number of hydrogen-bond donors (Lipinski definition) is 0. The van der Waals surface area contributed by atoms with Crippen LogP contribution in [0.3, 0.4) is 0 Å². The molecule has 0 amide bonds. The van der Waals surface area contributed by atoms with Gasteiger partial charge in [0.15, 0.2) is 11.0 Å². The lowest BCUT2D eigenvalue weighted by molar-refractivity contribution is -0.575. The zero-order chi connectivity index (χ0) is 19.2. The smallest absolute Gasteiger partial charge is 0.192 e. The molecule has 0 saturated heterocycles. The average molecular weight is 356 g/mol. The SMILES string of the molecule is Cc1ccccc1-[n+]1c(C)n(-c2ccccc2)c2cc(C(C)(C)C)ccc21. The highest BCUT2D eigenvalue weighted by Gasteiger charge is 2.27. The van der Waals surface area contributed by atoms with Gasteiger partial charge in [-0.1, -0.05) is 63.2 Å². The Morgan fingerprint density at radius 2 is 1.44 bits per heavy atom. The third-order valence-corrected chi connectivity index (χ3v) is 5.34. The van der Waals surface area contributed by atoms with Crippen LogP contribution in [0, 0.1) is 13.8 Å². The molecule has 0 aliphatic rings. The van der Waals surface area contributed by atoms with E-state index in [1.165, 1.54) is 39.4 Å². The van der Waals surface area contributed by atoms with Crippen molar-refractivity contribution in [2.24, 2.45) is 0 Å². The van der Waals surface area contributed by atoms with E-state index in [0.717, 1.165) is 0 Å². The Hall–Kier alpha value is -2.87. The molecule has 0 N–H and O–H groups in total. The maximum Gasteiger partial charge on any atom is 0.264 e. The molecule has 0 aliphatic carbocycles. The highest BCUT2D eigenvalue weighted by Crippen LogP contribution is 2.29. The van der Waals surface area contributed by atoms with Crippen LogP contribution in [0.15, 0.2) is 72.8 Å². The summed E-state index contributed by atoms with van der Waals surface area (Å²) in [6.07, 6.45) is 0. The zero-order valence-corrected chi connectivity index (χ0v) is 16.8. The molecular weight excluding hydrogens is 328 g/mol. The quantitative estimate of drug-likeness (QED) is 0.401. The summed E-state index contributed by atoms with van der Waals surface area (Å²) in [6.45, 7) is 11.2. The Bertz CT molecular complexity index is 1110. The van der Waals surface area contributed by atoms with Crippen molar-refractivity contribution in [3.8, 4) is 11.4 Å². The van der Waals surface area contributed by atoms with Gasteiger partial charge in [0.25, 0.3) is 5.82 Å². The molecule has 0 bridgehead atoms.